The molecule has 3 rings (SSSR count). The van der Waals surface area contributed by atoms with Gasteiger partial charge in [0.05, 0.1) is 4.90 Å². The summed E-state index contributed by atoms with van der Waals surface area (Å²) in [4.78, 5) is 1.67. The maximum absolute atomic E-state index is 12.5. The van der Waals surface area contributed by atoms with Crippen molar-refractivity contribution in [2.24, 2.45) is 0 Å². The van der Waals surface area contributed by atoms with Crippen LogP contribution in [-0.2, 0) is 15.4 Å². The maximum atomic E-state index is 12.5. The normalized spacial score (nSPS) is 16.9. The van der Waals surface area contributed by atoms with Crippen molar-refractivity contribution in [3.63, 3.8) is 0 Å². The predicted molar refractivity (Wildman–Crippen MR) is 86.3 cm³/mol. The van der Waals surface area contributed by atoms with E-state index in [-0.39, 0.29) is 5.41 Å². The van der Waals surface area contributed by atoms with Gasteiger partial charge in [-0.2, -0.15) is 0 Å². The zero-order chi connectivity index (χ0) is 15.1. The molecule has 1 saturated carbocycles. The Morgan fingerprint density at radius 1 is 1.24 bits per heavy atom. The van der Waals surface area contributed by atoms with E-state index in [1.54, 1.807) is 17.4 Å². The van der Waals surface area contributed by atoms with Crippen LogP contribution in [0.4, 0.5) is 0 Å². The first kappa shape index (κ1) is 14.8. The highest BCUT2D eigenvalue weighted by atomic mass is 32.2. The van der Waals surface area contributed by atoms with Crippen molar-refractivity contribution >= 4 is 21.4 Å². The number of aryl methyl sites for hydroxylation is 2. The van der Waals surface area contributed by atoms with Gasteiger partial charge < -0.3 is 0 Å². The Morgan fingerprint density at radius 2 is 2.00 bits per heavy atom. The largest absolute Gasteiger partial charge is 0.240 e. The fourth-order valence-electron chi connectivity index (χ4n) is 2.65. The lowest BCUT2D eigenvalue weighted by atomic mass is 10.1. The summed E-state index contributed by atoms with van der Waals surface area (Å²) in [7, 11) is -3.44. The second-order valence-electron chi connectivity index (χ2n) is 5.85. The van der Waals surface area contributed by atoms with Crippen LogP contribution in [0.3, 0.4) is 0 Å². The van der Waals surface area contributed by atoms with E-state index in [0.717, 1.165) is 24.0 Å². The number of benzene rings is 1. The summed E-state index contributed by atoms with van der Waals surface area (Å²) in [5.41, 5.74) is 1.90. The van der Waals surface area contributed by atoms with Gasteiger partial charge in [0.15, 0.2) is 0 Å². The molecule has 0 atom stereocenters. The molecular formula is C16H19NO2S2. The van der Waals surface area contributed by atoms with Gasteiger partial charge in [0.2, 0.25) is 10.0 Å². The number of nitrogens with one attached hydrogen (secondary N) is 1. The van der Waals surface area contributed by atoms with Crippen LogP contribution < -0.4 is 4.72 Å². The molecule has 1 heterocycles. The van der Waals surface area contributed by atoms with Gasteiger partial charge in [-0.25, -0.2) is 13.1 Å². The van der Waals surface area contributed by atoms with Gasteiger partial charge in [0, 0.05) is 16.8 Å². The smallest absolute Gasteiger partial charge is 0.210 e. The fourth-order valence-corrected chi connectivity index (χ4v) is 4.99. The highest BCUT2D eigenvalue weighted by Crippen LogP contribution is 2.49. The summed E-state index contributed by atoms with van der Waals surface area (Å²) in [5, 5.41) is 2.05. The third-order valence-corrected chi connectivity index (χ3v) is 6.80. The number of hydrogen-bond acceptors (Lipinski definition) is 3. The molecule has 0 unspecified atom stereocenters. The lowest BCUT2D eigenvalue weighted by molar-refractivity contribution is 0.568. The summed E-state index contributed by atoms with van der Waals surface area (Å²) in [6, 6.07) is 9.56. The molecule has 0 bridgehead atoms. The van der Waals surface area contributed by atoms with Crippen LogP contribution >= 0.6 is 11.3 Å². The van der Waals surface area contributed by atoms with Crippen molar-refractivity contribution in [1.82, 2.24) is 4.72 Å². The Balaban J connectivity index is 1.78. The van der Waals surface area contributed by atoms with E-state index in [1.807, 2.05) is 37.4 Å². The maximum Gasteiger partial charge on any atom is 0.240 e. The van der Waals surface area contributed by atoms with E-state index in [1.165, 1.54) is 4.88 Å². The second kappa shape index (κ2) is 5.23. The van der Waals surface area contributed by atoms with E-state index in [0.29, 0.717) is 11.4 Å². The van der Waals surface area contributed by atoms with E-state index in [4.69, 9.17) is 0 Å². The van der Waals surface area contributed by atoms with Crippen LogP contribution in [0.5, 0.6) is 0 Å². The standard InChI is InChI=1S/C16H19NO2S2/c1-12-5-6-14(13(2)10-12)21(18,19)17-11-16(7-8-16)15-4-3-9-20-15/h3-6,9-10,17H,7-8,11H2,1-2H3. The Hall–Kier alpha value is -1.17. The van der Waals surface area contributed by atoms with Gasteiger partial charge in [0.1, 0.15) is 0 Å². The van der Waals surface area contributed by atoms with Gasteiger partial charge in [-0.3, -0.25) is 0 Å². The van der Waals surface area contributed by atoms with E-state index in [2.05, 4.69) is 10.8 Å². The average molecular weight is 321 g/mol. The minimum Gasteiger partial charge on any atom is -0.210 e. The Kier molecular flexibility index (Phi) is 3.67. The van der Waals surface area contributed by atoms with E-state index >= 15 is 0 Å². The van der Waals surface area contributed by atoms with Gasteiger partial charge in [-0.1, -0.05) is 23.8 Å². The monoisotopic (exact) mass is 321 g/mol. The molecule has 2 aromatic rings. The summed E-state index contributed by atoms with van der Waals surface area (Å²) >= 11 is 1.71. The molecule has 21 heavy (non-hydrogen) atoms. The van der Waals surface area contributed by atoms with Crippen LogP contribution in [0.25, 0.3) is 0 Å². The molecule has 0 aliphatic heterocycles. The molecule has 1 fully saturated rings. The SMILES string of the molecule is Cc1ccc(S(=O)(=O)NCC2(c3cccs3)CC2)c(C)c1. The van der Waals surface area contributed by atoms with Crippen molar-refractivity contribution in [1.29, 1.82) is 0 Å². The van der Waals surface area contributed by atoms with Crippen molar-refractivity contribution < 1.29 is 8.42 Å². The third-order valence-electron chi connectivity index (χ3n) is 4.12. The molecule has 1 aromatic heterocycles. The molecule has 0 amide bonds. The van der Waals surface area contributed by atoms with E-state index < -0.39 is 10.0 Å². The summed E-state index contributed by atoms with van der Waals surface area (Å²) < 4.78 is 27.8. The van der Waals surface area contributed by atoms with Crippen molar-refractivity contribution in [2.75, 3.05) is 6.54 Å². The zero-order valence-corrected chi connectivity index (χ0v) is 13.9. The number of thiophene rings is 1. The van der Waals surface area contributed by atoms with Crippen LogP contribution in [0.2, 0.25) is 0 Å². The quantitative estimate of drug-likeness (QED) is 0.917. The van der Waals surface area contributed by atoms with Gasteiger partial charge in [0.25, 0.3) is 0 Å². The minimum atomic E-state index is -3.44. The Labute approximate surface area is 130 Å². The fraction of sp³-hybridized carbons (Fsp3) is 0.375. The number of hydrogen-bond donors (Lipinski definition) is 1. The molecule has 3 nitrogen and oxygen atoms in total. The van der Waals surface area contributed by atoms with Crippen molar-refractivity contribution in [2.45, 2.75) is 37.0 Å². The van der Waals surface area contributed by atoms with E-state index in [9.17, 15) is 8.42 Å². The van der Waals surface area contributed by atoms with Crippen LogP contribution in [0.1, 0.15) is 28.8 Å². The van der Waals surface area contributed by atoms with Gasteiger partial charge >= 0.3 is 0 Å². The molecule has 1 aromatic carbocycles. The molecule has 5 heteroatoms. The highest BCUT2D eigenvalue weighted by molar-refractivity contribution is 7.89. The molecule has 1 aliphatic carbocycles. The molecule has 0 radical (unpaired) electrons. The number of sulfonamides is 1. The van der Waals surface area contributed by atoms with Crippen LogP contribution in [-0.4, -0.2) is 15.0 Å². The second-order valence-corrected chi connectivity index (χ2v) is 8.53. The lowest BCUT2D eigenvalue weighted by Crippen LogP contribution is -2.32. The minimum absolute atomic E-state index is 0.0276. The molecule has 0 spiro atoms. The topological polar surface area (TPSA) is 46.2 Å². The summed E-state index contributed by atoms with van der Waals surface area (Å²) in [6.45, 7) is 4.30. The first-order valence-corrected chi connectivity index (χ1v) is 9.40. The van der Waals surface area contributed by atoms with Crippen molar-refractivity contribution in [3.05, 3.63) is 51.7 Å². The molecular weight excluding hydrogens is 302 g/mol. The molecule has 1 aliphatic rings. The summed E-state index contributed by atoms with van der Waals surface area (Å²) in [6.07, 6.45) is 2.12. The Bertz CT molecular complexity index is 745. The molecule has 0 saturated heterocycles. The average Bonchev–Trinajstić information content (AvgIpc) is 3.00. The summed E-state index contributed by atoms with van der Waals surface area (Å²) in [5.74, 6) is 0. The first-order chi connectivity index (χ1) is 9.93. The van der Waals surface area contributed by atoms with Crippen molar-refractivity contribution in [3.8, 4) is 0 Å². The highest BCUT2D eigenvalue weighted by Gasteiger charge is 2.45. The number of rotatable bonds is 5. The molecule has 1 N–H and O–H groups in total. The third kappa shape index (κ3) is 2.91. The Morgan fingerprint density at radius 3 is 2.57 bits per heavy atom. The predicted octanol–water partition coefficient (Wildman–Crippen LogP) is 3.38. The molecule has 112 valence electrons. The van der Waals surface area contributed by atoms with Crippen LogP contribution in [0, 0.1) is 13.8 Å². The van der Waals surface area contributed by atoms with Crippen LogP contribution in [0.15, 0.2) is 40.6 Å². The zero-order valence-electron chi connectivity index (χ0n) is 12.2. The van der Waals surface area contributed by atoms with Gasteiger partial charge in [-0.05, 0) is 49.8 Å². The van der Waals surface area contributed by atoms with Gasteiger partial charge in [-0.15, -0.1) is 11.3 Å². The lowest BCUT2D eigenvalue weighted by Gasteiger charge is -2.15. The first-order valence-electron chi connectivity index (χ1n) is 7.04.